The number of primary sulfonamides is 1. The van der Waals surface area contributed by atoms with Crippen molar-refractivity contribution in [3.63, 3.8) is 0 Å². The summed E-state index contributed by atoms with van der Waals surface area (Å²) in [6.07, 6.45) is 2.18. The standard InChI is InChI=1S/C16H15N3O3S2/c17-24(21,22)14-7-6-12(23-14)8-10-19-16(20)13-5-1-3-11-4-2-9-18-15(11)13/h1-7,9H,8,10H2,(H,19,20)(H2,17,21,22). The highest BCUT2D eigenvalue weighted by molar-refractivity contribution is 7.91. The summed E-state index contributed by atoms with van der Waals surface area (Å²) >= 11 is 1.11. The van der Waals surface area contributed by atoms with Crippen LogP contribution in [0.3, 0.4) is 0 Å². The molecule has 0 atom stereocenters. The fourth-order valence-electron chi connectivity index (χ4n) is 2.33. The van der Waals surface area contributed by atoms with Crippen LogP contribution in [0.4, 0.5) is 0 Å². The number of aromatic nitrogens is 1. The highest BCUT2D eigenvalue weighted by Crippen LogP contribution is 2.20. The van der Waals surface area contributed by atoms with Gasteiger partial charge in [0.1, 0.15) is 4.21 Å². The van der Waals surface area contributed by atoms with Crippen LogP contribution in [0.2, 0.25) is 0 Å². The first-order valence-corrected chi connectivity index (χ1v) is 9.55. The van der Waals surface area contributed by atoms with Crippen molar-refractivity contribution in [3.8, 4) is 0 Å². The first-order valence-electron chi connectivity index (χ1n) is 7.18. The van der Waals surface area contributed by atoms with Gasteiger partial charge in [-0.2, -0.15) is 0 Å². The number of sulfonamides is 1. The Morgan fingerprint density at radius 3 is 2.71 bits per heavy atom. The van der Waals surface area contributed by atoms with E-state index in [1.165, 1.54) is 6.07 Å². The van der Waals surface area contributed by atoms with Gasteiger partial charge in [-0.05, 0) is 30.7 Å². The molecule has 0 aliphatic carbocycles. The molecule has 0 spiro atoms. The van der Waals surface area contributed by atoms with Gasteiger partial charge in [0, 0.05) is 23.0 Å². The second kappa shape index (κ2) is 6.68. The monoisotopic (exact) mass is 361 g/mol. The summed E-state index contributed by atoms with van der Waals surface area (Å²) < 4.78 is 22.6. The number of hydrogen-bond acceptors (Lipinski definition) is 5. The van der Waals surface area contributed by atoms with Crippen LogP contribution in [0, 0.1) is 0 Å². The number of para-hydroxylation sites is 1. The van der Waals surface area contributed by atoms with Crippen LogP contribution in [-0.4, -0.2) is 25.9 Å². The normalized spacial score (nSPS) is 11.5. The number of hydrogen-bond donors (Lipinski definition) is 2. The summed E-state index contributed by atoms with van der Waals surface area (Å²) in [5.74, 6) is -0.206. The van der Waals surface area contributed by atoms with Crippen LogP contribution >= 0.6 is 11.3 Å². The van der Waals surface area contributed by atoms with E-state index < -0.39 is 10.0 Å². The van der Waals surface area contributed by atoms with Gasteiger partial charge in [0.15, 0.2) is 0 Å². The van der Waals surface area contributed by atoms with E-state index in [2.05, 4.69) is 10.3 Å². The van der Waals surface area contributed by atoms with Crippen molar-refractivity contribution < 1.29 is 13.2 Å². The molecule has 0 saturated carbocycles. The van der Waals surface area contributed by atoms with E-state index in [-0.39, 0.29) is 10.1 Å². The Bertz CT molecular complexity index is 991. The predicted octanol–water partition coefficient (Wildman–Crippen LogP) is 1.92. The van der Waals surface area contributed by atoms with E-state index in [0.29, 0.717) is 24.0 Å². The largest absolute Gasteiger partial charge is 0.352 e. The second-order valence-electron chi connectivity index (χ2n) is 5.15. The molecule has 3 aromatic rings. The zero-order valence-electron chi connectivity index (χ0n) is 12.6. The maximum Gasteiger partial charge on any atom is 0.253 e. The van der Waals surface area contributed by atoms with Gasteiger partial charge in [0.25, 0.3) is 5.91 Å². The number of amides is 1. The third-order valence-corrected chi connectivity index (χ3v) is 6.04. The van der Waals surface area contributed by atoms with E-state index in [4.69, 9.17) is 5.14 Å². The lowest BCUT2D eigenvalue weighted by molar-refractivity contribution is 0.0955. The molecule has 2 heterocycles. The van der Waals surface area contributed by atoms with Crippen LogP contribution in [0.1, 0.15) is 15.2 Å². The summed E-state index contributed by atoms with van der Waals surface area (Å²) in [4.78, 5) is 17.5. The number of nitrogens with zero attached hydrogens (tertiary/aromatic N) is 1. The molecule has 0 aliphatic heterocycles. The first-order chi connectivity index (χ1) is 11.4. The van der Waals surface area contributed by atoms with Crippen molar-refractivity contribution in [3.05, 3.63) is 59.1 Å². The molecule has 6 nitrogen and oxygen atoms in total. The lowest BCUT2D eigenvalue weighted by Crippen LogP contribution is -2.25. The van der Waals surface area contributed by atoms with Crippen molar-refractivity contribution in [2.24, 2.45) is 5.14 Å². The van der Waals surface area contributed by atoms with Crippen molar-refractivity contribution in [2.45, 2.75) is 10.6 Å². The van der Waals surface area contributed by atoms with Gasteiger partial charge in [0.05, 0.1) is 11.1 Å². The van der Waals surface area contributed by atoms with E-state index >= 15 is 0 Å². The minimum atomic E-state index is -3.67. The van der Waals surface area contributed by atoms with Crippen LogP contribution in [-0.2, 0) is 16.4 Å². The fourth-order valence-corrected chi connectivity index (χ4v) is 4.11. The highest BCUT2D eigenvalue weighted by Gasteiger charge is 2.12. The maximum absolute atomic E-state index is 12.3. The molecule has 1 aromatic carbocycles. The van der Waals surface area contributed by atoms with Crippen molar-refractivity contribution in [1.29, 1.82) is 0 Å². The molecule has 0 fully saturated rings. The number of carbonyl (C=O) groups excluding carboxylic acids is 1. The zero-order valence-corrected chi connectivity index (χ0v) is 14.2. The number of benzene rings is 1. The first kappa shape index (κ1) is 16.6. The fraction of sp³-hybridized carbons (Fsp3) is 0.125. The van der Waals surface area contributed by atoms with Crippen molar-refractivity contribution >= 4 is 38.2 Å². The molecule has 2 aromatic heterocycles. The number of nitrogens with one attached hydrogen (secondary N) is 1. The SMILES string of the molecule is NS(=O)(=O)c1ccc(CCNC(=O)c2cccc3cccnc23)s1. The van der Waals surface area contributed by atoms with E-state index in [1.54, 1.807) is 18.3 Å². The minimum absolute atomic E-state index is 0.127. The Morgan fingerprint density at radius 2 is 1.96 bits per heavy atom. The Balaban J connectivity index is 1.66. The zero-order chi connectivity index (χ0) is 17.2. The maximum atomic E-state index is 12.3. The van der Waals surface area contributed by atoms with Gasteiger partial charge >= 0.3 is 0 Å². The highest BCUT2D eigenvalue weighted by atomic mass is 32.2. The van der Waals surface area contributed by atoms with Gasteiger partial charge in [-0.15, -0.1) is 11.3 Å². The molecular formula is C16H15N3O3S2. The smallest absolute Gasteiger partial charge is 0.253 e. The van der Waals surface area contributed by atoms with Crippen LogP contribution in [0.5, 0.6) is 0 Å². The lowest BCUT2D eigenvalue weighted by atomic mass is 10.1. The van der Waals surface area contributed by atoms with Crippen molar-refractivity contribution in [2.75, 3.05) is 6.54 Å². The summed E-state index contributed by atoms with van der Waals surface area (Å²) in [7, 11) is -3.67. The van der Waals surface area contributed by atoms with Crippen LogP contribution in [0.15, 0.2) is 52.9 Å². The number of rotatable bonds is 5. The summed E-state index contributed by atoms with van der Waals surface area (Å²) in [5, 5.41) is 8.82. The number of fused-ring (bicyclic) bond motifs is 1. The molecule has 24 heavy (non-hydrogen) atoms. The number of carbonyl (C=O) groups is 1. The predicted molar refractivity (Wildman–Crippen MR) is 93.5 cm³/mol. The molecule has 0 aliphatic rings. The third-order valence-electron chi connectivity index (χ3n) is 3.45. The molecule has 8 heteroatoms. The molecule has 0 saturated heterocycles. The molecule has 124 valence electrons. The Hall–Kier alpha value is -2.29. The Morgan fingerprint density at radius 1 is 1.17 bits per heavy atom. The number of nitrogens with two attached hydrogens (primary N) is 1. The molecule has 0 bridgehead atoms. The average molecular weight is 361 g/mol. The average Bonchev–Trinajstić information content (AvgIpc) is 3.03. The van der Waals surface area contributed by atoms with Crippen LogP contribution < -0.4 is 10.5 Å². The molecule has 0 unspecified atom stereocenters. The van der Waals surface area contributed by atoms with Gasteiger partial charge in [-0.3, -0.25) is 9.78 Å². The van der Waals surface area contributed by atoms with Gasteiger partial charge in [-0.1, -0.05) is 18.2 Å². The Labute approximate surface area is 143 Å². The Kier molecular flexibility index (Phi) is 4.61. The van der Waals surface area contributed by atoms with E-state index in [1.807, 2.05) is 24.3 Å². The quantitative estimate of drug-likeness (QED) is 0.725. The third kappa shape index (κ3) is 3.61. The molecule has 0 radical (unpaired) electrons. The second-order valence-corrected chi connectivity index (χ2v) is 8.11. The van der Waals surface area contributed by atoms with E-state index in [0.717, 1.165) is 21.6 Å². The van der Waals surface area contributed by atoms with Gasteiger partial charge in [-0.25, -0.2) is 13.6 Å². The summed E-state index contributed by atoms with van der Waals surface area (Å²) in [6.45, 7) is 0.395. The van der Waals surface area contributed by atoms with E-state index in [9.17, 15) is 13.2 Å². The van der Waals surface area contributed by atoms with Gasteiger partial charge in [0.2, 0.25) is 10.0 Å². The van der Waals surface area contributed by atoms with Crippen molar-refractivity contribution in [1.82, 2.24) is 10.3 Å². The molecule has 3 rings (SSSR count). The topological polar surface area (TPSA) is 102 Å². The molecular weight excluding hydrogens is 346 g/mol. The van der Waals surface area contributed by atoms with Gasteiger partial charge < -0.3 is 5.32 Å². The molecule has 1 amide bonds. The summed E-state index contributed by atoms with van der Waals surface area (Å²) in [6, 6.07) is 12.4. The minimum Gasteiger partial charge on any atom is -0.352 e. The number of pyridine rings is 1. The molecule has 3 N–H and O–H groups in total. The summed E-state index contributed by atoms with van der Waals surface area (Å²) in [5.41, 5.74) is 1.18. The van der Waals surface area contributed by atoms with Crippen LogP contribution in [0.25, 0.3) is 10.9 Å². The number of thiophene rings is 1. The lowest BCUT2D eigenvalue weighted by Gasteiger charge is -2.06.